The number of rotatable bonds is 8. The monoisotopic (exact) mass is 549 g/mol. The van der Waals surface area contributed by atoms with Crippen LogP contribution < -0.4 is 0 Å². The Morgan fingerprint density at radius 2 is 1.82 bits per heavy atom. The fraction of sp³-hybridized carbons (Fsp3) is 0.458. The van der Waals surface area contributed by atoms with Crippen molar-refractivity contribution in [2.45, 2.75) is 56.1 Å². The van der Waals surface area contributed by atoms with Crippen molar-refractivity contribution in [3.05, 3.63) is 58.7 Å². The molecule has 178 valence electrons. The predicted octanol–water partition coefficient (Wildman–Crippen LogP) is 5.68. The number of nitrogens with zero attached hydrogens (tertiary/aromatic N) is 3. The average molecular weight is 551 g/mol. The Bertz CT molecular complexity index is 1200. The number of aromatic nitrogens is 2. The zero-order valence-corrected chi connectivity index (χ0v) is 22.9. The zero-order valence-electron chi connectivity index (χ0n) is 19.5. The quantitative estimate of drug-likeness (QED) is 0.268. The van der Waals surface area contributed by atoms with Crippen molar-refractivity contribution in [1.82, 2.24) is 14.1 Å². The van der Waals surface area contributed by atoms with E-state index in [0.717, 1.165) is 29.8 Å². The normalized spacial score (nSPS) is 16.5. The first-order valence-electron chi connectivity index (χ1n) is 11.4. The maximum atomic E-state index is 13.4. The second-order valence-corrected chi connectivity index (χ2v) is 18.4. The van der Waals surface area contributed by atoms with E-state index >= 15 is 0 Å². The summed E-state index contributed by atoms with van der Waals surface area (Å²) in [6.45, 7) is 9.10. The maximum Gasteiger partial charge on any atom is 0.243 e. The van der Waals surface area contributed by atoms with Crippen LogP contribution in [0.2, 0.25) is 25.7 Å². The highest BCUT2D eigenvalue weighted by Crippen LogP contribution is 2.33. The van der Waals surface area contributed by atoms with Gasteiger partial charge < -0.3 is 4.74 Å². The number of halogens is 1. The molecule has 0 bridgehead atoms. The van der Waals surface area contributed by atoms with E-state index in [1.807, 2.05) is 24.4 Å². The summed E-state index contributed by atoms with van der Waals surface area (Å²) in [4.78, 5) is 0.305. The summed E-state index contributed by atoms with van der Waals surface area (Å²) >= 11 is 3.53. The molecule has 6 nitrogen and oxygen atoms in total. The van der Waals surface area contributed by atoms with E-state index in [9.17, 15) is 8.42 Å². The van der Waals surface area contributed by atoms with E-state index in [0.29, 0.717) is 41.7 Å². The van der Waals surface area contributed by atoms with Crippen LogP contribution in [0.3, 0.4) is 0 Å². The Kier molecular flexibility index (Phi) is 7.45. The molecule has 33 heavy (non-hydrogen) atoms. The molecule has 1 saturated heterocycles. The lowest BCUT2D eigenvalue weighted by atomic mass is 9.90. The van der Waals surface area contributed by atoms with Crippen molar-refractivity contribution < 1.29 is 13.2 Å². The van der Waals surface area contributed by atoms with Gasteiger partial charge in [-0.2, -0.15) is 9.40 Å². The highest BCUT2D eigenvalue weighted by atomic mass is 79.9. The number of piperidine rings is 1. The molecule has 1 aliphatic rings. The molecule has 4 rings (SSSR count). The van der Waals surface area contributed by atoms with Crippen molar-refractivity contribution >= 4 is 44.9 Å². The summed E-state index contributed by atoms with van der Waals surface area (Å²) < 4.78 is 36.6. The maximum absolute atomic E-state index is 13.4. The average Bonchev–Trinajstić information content (AvgIpc) is 3.20. The van der Waals surface area contributed by atoms with Gasteiger partial charge in [0.2, 0.25) is 10.0 Å². The summed E-state index contributed by atoms with van der Waals surface area (Å²) in [7, 11) is -4.71. The molecule has 0 saturated carbocycles. The van der Waals surface area contributed by atoms with Crippen molar-refractivity contribution in [1.29, 1.82) is 0 Å². The summed E-state index contributed by atoms with van der Waals surface area (Å²) in [5.74, 6) is 0.408. The second-order valence-electron chi connectivity index (χ2n) is 9.95. The van der Waals surface area contributed by atoms with Gasteiger partial charge in [-0.15, -0.1) is 0 Å². The SMILES string of the molecule is C[Si](C)(C)CCOCn1cc2cc(S(=O)(=O)N3CCC(c4ccccc4)CC3)cc(Br)c2n1. The summed E-state index contributed by atoms with van der Waals surface area (Å²) in [5, 5.41) is 5.36. The fourth-order valence-electron chi connectivity index (χ4n) is 4.17. The number of benzene rings is 2. The van der Waals surface area contributed by atoms with Crippen LogP contribution in [-0.2, 0) is 21.5 Å². The van der Waals surface area contributed by atoms with Gasteiger partial charge in [-0.3, -0.25) is 0 Å². The number of hydrogen-bond acceptors (Lipinski definition) is 4. The minimum atomic E-state index is -3.57. The number of fused-ring (bicyclic) bond motifs is 1. The largest absolute Gasteiger partial charge is 0.360 e. The van der Waals surface area contributed by atoms with Crippen molar-refractivity contribution in [2.75, 3.05) is 19.7 Å². The van der Waals surface area contributed by atoms with Gasteiger partial charge in [0.25, 0.3) is 0 Å². The summed E-state index contributed by atoms with van der Waals surface area (Å²) in [5.41, 5.74) is 2.03. The van der Waals surface area contributed by atoms with E-state index in [4.69, 9.17) is 4.74 Å². The van der Waals surface area contributed by atoms with Crippen LogP contribution in [0.25, 0.3) is 10.9 Å². The van der Waals surface area contributed by atoms with Crippen LogP contribution in [0.5, 0.6) is 0 Å². The first kappa shape index (κ1) is 24.6. The molecule has 1 aromatic heterocycles. The Labute approximate surface area is 206 Å². The molecular weight excluding hydrogens is 518 g/mol. The van der Waals surface area contributed by atoms with Gasteiger partial charge in [0.1, 0.15) is 12.2 Å². The molecule has 0 N–H and O–H groups in total. The van der Waals surface area contributed by atoms with Crippen LogP contribution in [0.15, 0.2) is 58.0 Å². The lowest BCUT2D eigenvalue weighted by molar-refractivity contribution is 0.0791. The van der Waals surface area contributed by atoms with E-state index in [-0.39, 0.29) is 0 Å². The smallest absolute Gasteiger partial charge is 0.243 e. The molecule has 0 atom stereocenters. The van der Waals surface area contributed by atoms with Gasteiger partial charge >= 0.3 is 0 Å². The molecule has 0 amide bonds. The van der Waals surface area contributed by atoms with E-state index < -0.39 is 18.1 Å². The summed E-state index contributed by atoms with van der Waals surface area (Å²) in [6, 6.07) is 14.9. The molecule has 3 aromatic rings. The predicted molar refractivity (Wildman–Crippen MR) is 139 cm³/mol. The fourth-order valence-corrected chi connectivity index (χ4v) is 7.17. The van der Waals surface area contributed by atoms with Crippen molar-refractivity contribution in [3.8, 4) is 0 Å². The number of hydrogen-bond donors (Lipinski definition) is 0. The third-order valence-electron chi connectivity index (χ3n) is 6.17. The van der Waals surface area contributed by atoms with Gasteiger partial charge in [0.05, 0.1) is 4.90 Å². The van der Waals surface area contributed by atoms with Gasteiger partial charge in [-0.05, 0) is 58.4 Å². The highest BCUT2D eigenvalue weighted by molar-refractivity contribution is 9.10. The molecule has 9 heteroatoms. The number of sulfonamides is 1. The first-order valence-corrected chi connectivity index (χ1v) is 17.4. The van der Waals surface area contributed by atoms with Crippen molar-refractivity contribution in [2.24, 2.45) is 0 Å². The molecular formula is C24H32BrN3O3SSi. The molecule has 2 heterocycles. The van der Waals surface area contributed by atoms with Crippen LogP contribution in [0, 0.1) is 0 Å². The van der Waals surface area contributed by atoms with Crippen LogP contribution in [0.1, 0.15) is 24.3 Å². The van der Waals surface area contributed by atoms with Crippen LogP contribution in [-0.4, -0.2) is 50.3 Å². The topological polar surface area (TPSA) is 64.4 Å². The third-order valence-corrected chi connectivity index (χ3v) is 10.4. The lowest BCUT2D eigenvalue weighted by Gasteiger charge is -2.31. The molecule has 0 unspecified atom stereocenters. The Balaban J connectivity index is 1.46. The highest BCUT2D eigenvalue weighted by Gasteiger charge is 2.30. The standard InChI is InChI=1S/C24H32BrN3O3SSi/c1-33(2,3)14-13-31-18-27-17-21-15-22(16-23(25)24(21)26-27)32(29,30)28-11-9-20(10-12-28)19-7-5-4-6-8-19/h4-8,15-17,20H,9-14,18H2,1-3H3. The Morgan fingerprint density at radius 1 is 1.12 bits per heavy atom. The molecule has 0 radical (unpaired) electrons. The lowest BCUT2D eigenvalue weighted by Crippen LogP contribution is -2.37. The van der Waals surface area contributed by atoms with Gasteiger partial charge in [0, 0.05) is 43.8 Å². The van der Waals surface area contributed by atoms with E-state index in [1.165, 1.54) is 5.56 Å². The van der Waals surface area contributed by atoms with E-state index in [2.05, 4.69) is 52.8 Å². The van der Waals surface area contributed by atoms with Gasteiger partial charge in [-0.1, -0.05) is 50.0 Å². The van der Waals surface area contributed by atoms with Gasteiger partial charge in [-0.25, -0.2) is 13.1 Å². The van der Waals surface area contributed by atoms with E-state index in [1.54, 1.807) is 21.1 Å². The Hall–Kier alpha value is -1.52. The molecule has 0 aliphatic carbocycles. The molecule has 2 aromatic carbocycles. The second kappa shape index (κ2) is 9.99. The third kappa shape index (κ3) is 5.94. The summed E-state index contributed by atoms with van der Waals surface area (Å²) in [6.07, 6.45) is 3.52. The minimum Gasteiger partial charge on any atom is -0.360 e. The van der Waals surface area contributed by atoms with Crippen molar-refractivity contribution in [3.63, 3.8) is 0 Å². The number of ether oxygens (including phenoxy) is 1. The van der Waals surface area contributed by atoms with Gasteiger partial charge in [0.15, 0.2) is 0 Å². The molecule has 1 fully saturated rings. The Morgan fingerprint density at radius 3 is 2.48 bits per heavy atom. The molecule has 0 spiro atoms. The molecule has 1 aliphatic heterocycles. The van der Waals surface area contributed by atoms with Crippen LogP contribution in [0.4, 0.5) is 0 Å². The zero-order chi connectivity index (χ0) is 23.6. The van der Waals surface area contributed by atoms with Crippen LogP contribution >= 0.6 is 15.9 Å². The first-order chi connectivity index (χ1) is 15.6. The minimum absolute atomic E-state index is 0.305.